The predicted molar refractivity (Wildman–Crippen MR) is 124 cm³/mol. The van der Waals surface area contributed by atoms with Crippen LogP contribution in [-0.4, -0.2) is 40.0 Å². The molecule has 0 bridgehead atoms. The molecule has 0 saturated heterocycles. The summed E-state index contributed by atoms with van der Waals surface area (Å²) in [6.07, 6.45) is 5.33. The Balaban J connectivity index is 1.55. The van der Waals surface area contributed by atoms with Gasteiger partial charge in [0.05, 0.1) is 10.6 Å². The van der Waals surface area contributed by atoms with Crippen molar-refractivity contribution in [3.8, 4) is 0 Å². The van der Waals surface area contributed by atoms with Crippen LogP contribution in [0.15, 0.2) is 27.2 Å². The number of unbranched alkanes of at least 4 members (excludes halogenated alkanes) is 2. The number of aliphatic hydroxyl groups excluding tert-OH is 1. The molecule has 0 spiro atoms. The van der Waals surface area contributed by atoms with Crippen LogP contribution in [0.1, 0.15) is 70.5 Å². The van der Waals surface area contributed by atoms with Gasteiger partial charge in [-0.3, -0.25) is 4.90 Å². The number of hydrogen-bond acceptors (Lipinski definition) is 5. The second kappa shape index (κ2) is 11.4. The maximum absolute atomic E-state index is 13.9. The molecule has 33 heavy (non-hydrogen) atoms. The topological polar surface area (TPSA) is 91.5 Å². The fraction of sp³-hybridized carbons (Fsp3) is 0.609. The smallest absolute Gasteiger partial charge is 0.322 e. The Labute approximate surface area is 201 Å². The van der Waals surface area contributed by atoms with Crippen molar-refractivity contribution in [3.05, 3.63) is 40.2 Å². The Bertz CT molecular complexity index is 927. The average Bonchev–Trinajstić information content (AvgIpc) is 3.24. The van der Waals surface area contributed by atoms with Gasteiger partial charge in [0.1, 0.15) is 5.82 Å². The zero-order valence-corrected chi connectivity index (χ0v) is 20.6. The number of amides is 2. The number of hydrogen-bond donors (Lipinski definition) is 2. The summed E-state index contributed by atoms with van der Waals surface area (Å²) < 4.78 is 32.9. The lowest BCUT2D eigenvalue weighted by Crippen LogP contribution is -2.47. The van der Waals surface area contributed by atoms with Gasteiger partial charge in [-0.25, -0.2) is 13.6 Å². The Morgan fingerprint density at radius 1 is 1.27 bits per heavy atom. The normalized spacial score (nSPS) is 18.8. The first kappa shape index (κ1) is 25.6. The lowest BCUT2D eigenvalue weighted by Gasteiger charge is -2.30. The molecular formula is C23H31BrF2N4O3. The van der Waals surface area contributed by atoms with E-state index in [1.54, 1.807) is 17.0 Å². The van der Waals surface area contributed by atoms with E-state index in [9.17, 15) is 18.7 Å². The van der Waals surface area contributed by atoms with E-state index in [0.29, 0.717) is 48.2 Å². The summed E-state index contributed by atoms with van der Waals surface area (Å²) in [6, 6.07) is 4.29. The molecule has 1 saturated carbocycles. The monoisotopic (exact) mass is 528 g/mol. The molecule has 2 amide bonds. The predicted octanol–water partition coefficient (Wildman–Crippen LogP) is 5.41. The Hall–Kier alpha value is -2.07. The highest BCUT2D eigenvalue weighted by molar-refractivity contribution is 9.10. The molecule has 1 aromatic heterocycles. The molecule has 0 atom stereocenters. The summed E-state index contributed by atoms with van der Waals surface area (Å²) in [7, 11) is 0. The van der Waals surface area contributed by atoms with Gasteiger partial charge in [-0.15, -0.1) is 0 Å². The van der Waals surface area contributed by atoms with Crippen LogP contribution < -0.4 is 10.2 Å². The van der Waals surface area contributed by atoms with Crippen molar-refractivity contribution in [2.75, 3.05) is 11.4 Å². The van der Waals surface area contributed by atoms with E-state index in [1.807, 2.05) is 0 Å². The van der Waals surface area contributed by atoms with Crippen LogP contribution >= 0.6 is 15.9 Å². The molecule has 3 rings (SSSR count). The van der Waals surface area contributed by atoms with Gasteiger partial charge in [0.15, 0.2) is 11.5 Å². The molecule has 10 heteroatoms. The summed E-state index contributed by atoms with van der Waals surface area (Å²) in [4.78, 5) is 18.8. The highest BCUT2D eigenvalue weighted by Gasteiger charge is 2.27. The number of rotatable bonds is 9. The number of aromatic nitrogens is 2. The third kappa shape index (κ3) is 7.46. The summed E-state index contributed by atoms with van der Waals surface area (Å²) in [5.74, 6) is 0.0426. The van der Waals surface area contributed by atoms with Gasteiger partial charge in [0.25, 0.3) is 5.89 Å². The van der Waals surface area contributed by atoms with E-state index in [-0.39, 0.29) is 24.1 Å². The third-order valence-electron chi connectivity index (χ3n) is 5.74. The molecule has 182 valence electrons. The first-order valence-corrected chi connectivity index (χ1v) is 12.2. The van der Waals surface area contributed by atoms with Gasteiger partial charge < -0.3 is 14.9 Å². The molecule has 0 aliphatic heterocycles. The van der Waals surface area contributed by atoms with Crippen molar-refractivity contribution in [3.63, 3.8) is 0 Å². The van der Waals surface area contributed by atoms with Crippen molar-refractivity contribution in [1.29, 1.82) is 0 Å². The Morgan fingerprint density at radius 3 is 2.64 bits per heavy atom. The average molecular weight is 529 g/mol. The highest BCUT2D eigenvalue weighted by atomic mass is 79.9. The number of carbonyl (C=O) groups excluding carboxylic acids is 1. The number of halogens is 3. The first-order chi connectivity index (χ1) is 15.6. The van der Waals surface area contributed by atoms with E-state index in [4.69, 9.17) is 4.52 Å². The Kier molecular flexibility index (Phi) is 8.81. The van der Waals surface area contributed by atoms with Crippen LogP contribution in [0.25, 0.3) is 0 Å². The molecule has 0 radical (unpaired) electrons. The number of anilines is 1. The van der Waals surface area contributed by atoms with Gasteiger partial charge in [-0.2, -0.15) is 4.98 Å². The number of urea groups is 1. The minimum Gasteiger partial charge on any atom is -0.393 e. The molecular weight excluding hydrogens is 498 g/mol. The molecule has 1 heterocycles. The van der Waals surface area contributed by atoms with E-state index in [1.165, 1.54) is 19.9 Å². The zero-order valence-electron chi connectivity index (χ0n) is 19.0. The van der Waals surface area contributed by atoms with E-state index < -0.39 is 11.5 Å². The minimum atomic E-state index is -1.67. The van der Waals surface area contributed by atoms with Gasteiger partial charge in [-0.05, 0) is 86.5 Å². The molecule has 1 aliphatic carbocycles. The van der Waals surface area contributed by atoms with Crippen LogP contribution in [0.4, 0.5) is 19.3 Å². The molecule has 1 fully saturated rings. The third-order valence-corrected chi connectivity index (χ3v) is 6.35. The number of alkyl halides is 1. The molecule has 1 aliphatic rings. The minimum absolute atomic E-state index is 0.0134. The lowest BCUT2D eigenvalue weighted by atomic mass is 9.93. The molecule has 0 unspecified atom stereocenters. The fourth-order valence-electron chi connectivity index (χ4n) is 3.80. The number of nitrogens with zero attached hydrogens (tertiary/aromatic N) is 3. The standard InChI is InChI=1S/C23H31BrF2N4O3/c1-23(2,26)21-28-20(29-33-21)6-4-3-5-13-30(16-9-12-19(25)18(24)14-16)22(32)27-15-7-10-17(31)11-8-15/h9,12,14-15,17,31H,3-8,10-11,13H2,1-2H3,(H,27,32). The van der Waals surface area contributed by atoms with Gasteiger partial charge in [0, 0.05) is 24.7 Å². The molecule has 1 aromatic carbocycles. The Morgan fingerprint density at radius 2 is 2.00 bits per heavy atom. The highest BCUT2D eigenvalue weighted by Crippen LogP contribution is 2.25. The summed E-state index contributed by atoms with van der Waals surface area (Å²) in [5, 5.41) is 16.6. The van der Waals surface area contributed by atoms with Gasteiger partial charge in [-0.1, -0.05) is 11.6 Å². The van der Waals surface area contributed by atoms with Crippen LogP contribution in [0.2, 0.25) is 0 Å². The number of aliphatic hydroxyl groups is 1. The number of aryl methyl sites for hydroxylation is 1. The van der Waals surface area contributed by atoms with E-state index in [2.05, 4.69) is 31.4 Å². The molecule has 7 nitrogen and oxygen atoms in total. The van der Waals surface area contributed by atoms with Gasteiger partial charge >= 0.3 is 6.03 Å². The quantitative estimate of drug-likeness (QED) is 0.424. The SMILES string of the molecule is CC(C)(F)c1nc(CCCCCN(C(=O)NC2CCC(O)CC2)c2ccc(F)c(Br)c2)no1. The van der Waals surface area contributed by atoms with Crippen LogP contribution in [0.3, 0.4) is 0 Å². The van der Waals surface area contributed by atoms with E-state index >= 15 is 0 Å². The largest absolute Gasteiger partial charge is 0.393 e. The van der Waals surface area contributed by atoms with Crippen molar-refractivity contribution < 1.29 is 23.2 Å². The number of benzene rings is 1. The van der Waals surface area contributed by atoms with Crippen molar-refractivity contribution in [2.45, 2.75) is 83.0 Å². The fourth-order valence-corrected chi connectivity index (χ4v) is 4.17. The maximum atomic E-state index is 13.9. The second-order valence-corrected chi connectivity index (χ2v) is 9.86. The number of nitrogens with one attached hydrogen (secondary N) is 1. The van der Waals surface area contributed by atoms with Crippen LogP contribution in [0, 0.1) is 5.82 Å². The first-order valence-electron chi connectivity index (χ1n) is 11.4. The van der Waals surface area contributed by atoms with Gasteiger partial charge in [0.2, 0.25) is 0 Å². The lowest BCUT2D eigenvalue weighted by molar-refractivity contribution is 0.118. The molecule has 2 N–H and O–H groups in total. The van der Waals surface area contributed by atoms with Crippen molar-refractivity contribution in [2.24, 2.45) is 0 Å². The zero-order chi connectivity index (χ0) is 24.0. The van der Waals surface area contributed by atoms with Crippen molar-refractivity contribution in [1.82, 2.24) is 15.5 Å². The maximum Gasteiger partial charge on any atom is 0.322 e. The van der Waals surface area contributed by atoms with E-state index in [0.717, 1.165) is 25.7 Å². The molecule has 2 aromatic rings. The van der Waals surface area contributed by atoms with Crippen molar-refractivity contribution >= 4 is 27.6 Å². The summed E-state index contributed by atoms with van der Waals surface area (Å²) in [6.45, 7) is 3.19. The summed E-state index contributed by atoms with van der Waals surface area (Å²) >= 11 is 3.19. The summed E-state index contributed by atoms with van der Waals surface area (Å²) in [5.41, 5.74) is -1.07. The number of carbonyl (C=O) groups is 1. The second-order valence-electron chi connectivity index (χ2n) is 9.00. The van der Waals surface area contributed by atoms with Crippen LogP contribution in [0.5, 0.6) is 0 Å². The van der Waals surface area contributed by atoms with Crippen LogP contribution in [-0.2, 0) is 12.1 Å².